The van der Waals surface area contributed by atoms with Crippen LogP contribution >= 0.6 is 0 Å². The monoisotopic (exact) mass is 333 g/mol. The van der Waals surface area contributed by atoms with Crippen molar-refractivity contribution in [3.8, 4) is 11.5 Å². The number of carbonyl (C=O) groups excluding carboxylic acids is 1. The number of carbonyl (C=O) groups is 2. The van der Waals surface area contributed by atoms with Gasteiger partial charge in [-0.3, -0.25) is 4.79 Å². The molecule has 0 aliphatic heterocycles. The number of rotatable bonds is 7. The number of aryl methyl sites for hydroxylation is 1. The normalized spacial score (nSPS) is 10.3. The van der Waals surface area contributed by atoms with Crippen LogP contribution in [-0.4, -0.2) is 31.2 Å². The van der Waals surface area contributed by atoms with Crippen molar-refractivity contribution < 1.29 is 28.6 Å². The number of hydrogen-bond acceptors (Lipinski definition) is 5. The van der Waals surface area contributed by atoms with Gasteiger partial charge >= 0.3 is 5.97 Å². The lowest BCUT2D eigenvalue weighted by molar-refractivity contribution is 0.0694. The molecule has 1 amide bonds. The summed E-state index contributed by atoms with van der Waals surface area (Å²) in [6, 6.07) is 6.57. The second kappa shape index (κ2) is 7.54. The Morgan fingerprint density at radius 1 is 1.25 bits per heavy atom. The second-order valence-corrected chi connectivity index (χ2v) is 4.94. The van der Waals surface area contributed by atoms with Crippen molar-refractivity contribution in [1.82, 2.24) is 5.32 Å². The highest BCUT2D eigenvalue weighted by Crippen LogP contribution is 2.30. The van der Waals surface area contributed by atoms with Crippen molar-refractivity contribution in [3.63, 3.8) is 0 Å². The molecule has 7 heteroatoms. The minimum atomic E-state index is -1.12. The summed E-state index contributed by atoms with van der Waals surface area (Å²) < 4.78 is 15.8. The average molecular weight is 333 g/mol. The van der Waals surface area contributed by atoms with E-state index in [1.54, 1.807) is 25.1 Å². The molecule has 128 valence electrons. The smallest absolute Gasteiger partial charge is 0.339 e. The summed E-state index contributed by atoms with van der Waals surface area (Å²) >= 11 is 0. The van der Waals surface area contributed by atoms with E-state index in [0.29, 0.717) is 17.9 Å². The van der Waals surface area contributed by atoms with Crippen LogP contribution < -0.4 is 14.8 Å². The van der Waals surface area contributed by atoms with Crippen LogP contribution in [0.15, 0.2) is 28.7 Å². The zero-order valence-electron chi connectivity index (χ0n) is 13.7. The zero-order chi connectivity index (χ0) is 17.7. The molecule has 0 atom stereocenters. The van der Waals surface area contributed by atoms with E-state index in [1.165, 1.54) is 20.3 Å². The number of methoxy groups -OCH3 is 2. The number of amides is 1. The summed E-state index contributed by atoms with van der Waals surface area (Å²) in [6.45, 7) is 1.94. The van der Waals surface area contributed by atoms with E-state index in [4.69, 9.17) is 19.0 Å². The van der Waals surface area contributed by atoms with Crippen molar-refractivity contribution in [2.24, 2.45) is 0 Å². The molecule has 0 radical (unpaired) electrons. The quantitative estimate of drug-likeness (QED) is 0.808. The second-order valence-electron chi connectivity index (χ2n) is 4.94. The maximum Gasteiger partial charge on any atom is 0.339 e. The third kappa shape index (κ3) is 3.51. The average Bonchev–Trinajstić information content (AvgIpc) is 3.03. The van der Waals surface area contributed by atoms with Gasteiger partial charge in [0.15, 0.2) is 17.3 Å². The first-order valence-corrected chi connectivity index (χ1v) is 7.35. The highest BCUT2D eigenvalue weighted by atomic mass is 16.5. The van der Waals surface area contributed by atoms with Crippen molar-refractivity contribution in [2.75, 3.05) is 14.2 Å². The fourth-order valence-corrected chi connectivity index (χ4v) is 2.34. The van der Waals surface area contributed by atoms with E-state index in [-0.39, 0.29) is 23.6 Å². The number of ether oxygens (including phenoxy) is 2. The van der Waals surface area contributed by atoms with E-state index in [9.17, 15) is 9.59 Å². The van der Waals surface area contributed by atoms with E-state index in [0.717, 1.165) is 5.56 Å². The van der Waals surface area contributed by atoms with Crippen LogP contribution in [0.1, 0.15) is 39.2 Å². The number of para-hydroxylation sites is 1. The molecular weight excluding hydrogens is 314 g/mol. The molecule has 0 fully saturated rings. The molecule has 2 rings (SSSR count). The first-order chi connectivity index (χ1) is 11.5. The fraction of sp³-hybridized carbons (Fsp3) is 0.294. The highest BCUT2D eigenvalue weighted by Gasteiger charge is 2.20. The van der Waals surface area contributed by atoms with Gasteiger partial charge in [0.05, 0.1) is 14.2 Å². The minimum absolute atomic E-state index is 0.00149. The molecule has 24 heavy (non-hydrogen) atoms. The number of hydrogen-bond donors (Lipinski definition) is 2. The lowest BCUT2D eigenvalue weighted by Crippen LogP contribution is -2.22. The van der Waals surface area contributed by atoms with E-state index < -0.39 is 11.9 Å². The van der Waals surface area contributed by atoms with Gasteiger partial charge < -0.3 is 24.3 Å². The maximum absolute atomic E-state index is 12.2. The molecule has 1 aromatic carbocycles. The SMILES string of the molecule is CCc1oc(C(=O)NCc2cccc(OC)c2OC)cc1C(=O)O. The summed E-state index contributed by atoms with van der Waals surface area (Å²) in [5.41, 5.74) is 0.729. The predicted molar refractivity (Wildman–Crippen MR) is 85.8 cm³/mol. The molecule has 2 N–H and O–H groups in total. The Morgan fingerprint density at radius 3 is 2.54 bits per heavy atom. The van der Waals surface area contributed by atoms with Gasteiger partial charge in [-0.25, -0.2) is 4.79 Å². The Morgan fingerprint density at radius 2 is 2.00 bits per heavy atom. The van der Waals surface area contributed by atoms with Gasteiger partial charge in [0.2, 0.25) is 0 Å². The van der Waals surface area contributed by atoms with Gasteiger partial charge in [-0.1, -0.05) is 19.1 Å². The molecule has 0 aliphatic rings. The summed E-state index contributed by atoms with van der Waals surface area (Å²) in [7, 11) is 3.05. The van der Waals surface area contributed by atoms with Crippen LogP contribution in [0.3, 0.4) is 0 Å². The van der Waals surface area contributed by atoms with Crippen molar-refractivity contribution in [3.05, 3.63) is 46.9 Å². The Labute approximate surface area is 139 Å². The van der Waals surface area contributed by atoms with E-state index >= 15 is 0 Å². The number of furan rings is 1. The number of carboxylic acids is 1. The molecule has 1 heterocycles. The number of benzene rings is 1. The lowest BCUT2D eigenvalue weighted by atomic mass is 10.1. The summed E-state index contributed by atoms with van der Waals surface area (Å²) in [5.74, 6) is -0.298. The van der Waals surface area contributed by atoms with Gasteiger partial charge in [-0.15, -0.1) is 0 Å². The molecule has 7 nitrogen and oxygen atoms in total. The molecule has 0 bridgehead atoms. The van der Waals surface area contributed by atoms with Gasteiger partial charge in [0.25, 0.3) is 5.91 Å². The first kappa shape index (κ1) is 17.4. The largest absolute Gasteiger partial charge is 0.493 e. The van der Waals surface area contributed by atoms with Crippen LogP contribution in [0, 0.1) is 0 Å². The van der Waals surface area contributed by atoms with Crippen LogP contribution in [0.25, 0.3) is 0 Å². The van der Waals surface area contributed by atoms with Crippen molar-refractivity contribution in [1.29, 1.82) is 0 Å². The third-order valence-electron chi connectivity index (χ3n) is 3.51. The molecule has 0 saturated heterocycles. The predicted octanol–water partition coefficient (Wildman–Crippen LogP) is 2.49. The maximum atomic E-state index is 12.2. The zero-order valence-corrected chi connectivity index (χ0v) is 13.7. The van der Waals surface area contributed by atoms with E-state index in [1.807, 2.05) is 0 Å². The van der Waals surface area contributed by atoms with Crippen molar-refractivity contribution >= 4 is 11.9 Å². The highest BCUT2D eigenvalue weighted by molar-refractivity contribution is 5.96. The summed E-state index contributed by atoms with van der Waals surface area (Å²) in [4.78, 5) is 23.3. The molecule has 0 saturated carbocycles. The van der Waals surface area contributed by atoms with E-state index in [2.05, 4.69) is 5.32 Å². The minimum Gasteiger partial charge on any atom is -0.493 e. The van der Waals surface area contributed by atoms with Crippen LogP contribution in [0.5, 0.6) is 11.5 Å². The van der Waals surface area contributed by atoms with Gasteiger partial charge in [-0.05, 0) is 6.07 Å². The Hall–Kier alpha value is -2.96. The van der Waals surface area contributed by atoms with Gasteiger partial charge in [-0.2, -0.15) is 0 Å². The topological polar surface area (TPSA) is 98.0 Å². The number of nitrogens with one attached hydrogen (secondary N) is 1. The van der Waals surface area contributed by atoms with Crippen LogP contribution in [0.4, 0.5) is 0 Å². The third-order valence-corrected chi connectivity index (χ3v) is 3.51. The molecule has 1 aromatic heterocycles. The Kier molecular flexibility index (Phi) is 5.47. The van der Waals surface area contributed by atoms with Gasteiger partial charge in [0, 0.05) is 24.6 Å². The van der Waals surface area contributed by atoms with Crippen LogP contribution in [0.2, 0.25) is 0 Å². The molecular formula is C17H19NO6. The molecule has 0 spiro atoms. The standard InChI is InChI=1S/C17H19NO6/c1-4-12-11(17(20)21)8-14(24-12)16(19)18-9-10-6-5-7-13(22-2)15(10)23-3/h5-8H,4,9H2,1-3H3,(H,18,19)(H,20,21). The Bertz CT molecular complexity index is 750. The summed E-state index contributed by atoms with van der Waals surface area (Å²) in [5, 5.41) is 11.8. The van der Waals surface area contributed by atoms with Gasteiger partial charge in [0.1, 0.15) is 11.3 Å². The Balaban J connectivity index is 2.16. The molecule has 0 unspecified atom stereocenters. The molecule has 0 aliphatic carbocycles. The molecule has 2 aromatic rings. The number of carboxylic acid groups (broad SMARTS) is 1. The number of aromatic carboxylic acids is 1. The lowest BCUT2D eigenvalue weighted by Gasteiger charge is -2.12. The fourth-order valence-electron chi connectivity index (χ4n) is 2.34. The summed E-state index contributed by atoms with van der Waals surface area (Å²) in [6.07, 6.45) is 0.388. The van der Waals surface area contributed by atoms with Crippen molar-refractivity contribution in [2.45, 2.75) is 19.9 Å². The first-order valence-electron chi connectivity index (χ1n) is 7.35. The van der Waals surface area contributed by atoms with Crippen LogP contribution in [-0.2, 0) is 13.0 Å².